The van der Waals surface area contributed by atoms with Crippen LogP contribution in [0.25, 0.3) is 0 Å². The summed E-state index contributed by atoms with van der Waals surface area (Å²) < 4.78 is 33.3. The standard InChI is InChI=1S/C20H34O4S/c1-2-3-4-5-6-7-8-9-10-11-12-13-14-15-16-17-18-19-20-24-25(21,22)23/h6-7,9-10,12-13,15-16H,2-5,8,11,14,17-20H2,1H3,(H,21,22,23). The topological polar surface area (TPSA) is 63.6 Å². The van der Waals surface area contributed by atoms with E-state index in [1.165, 1.54) is 25.7 Å². The lowest BCUT2D eigenvalue weighted by molar-refractivity contribution is 0.263. The van der Waals surface area contributed by atoms with Gasteiger partial charge in [-0.3, -0.25) is 4.55 Å². The van der Waals surface area contributed by atoms with Gasteiger partial charge in [-0.25, -0.2) is 4.18 Å². The summed E-state index contributed by atoms with van der Waals surface area (Å²) in [6.07, 6.45) is 27.7. The van der Waals surface area contributed by atoms with Crippen LogP contribution in [0, 0.1) is 0 Å². The maximum absolute atomic E-state index is 10.3. The third-order valence-corrected chi connectivity index (χ3v) is 3.92. The monoisotopic (exact) mass is 370 g/mol. The lowest BCUT2D eigenvalue weighted by atomic mass is 10.2. The molecule has 25 heavy (non-hydrogen) atoms. The molecule has 144 valence electrons. The van der Waals surface area contributed by atoms with Crippen LogP contribution in [0.5, 0.6) is 0 Å². The van der Waals surface area contributed by atoms with E-state index in [-0.39, 0.29) is 6.61 Å². The molecule has 5 heteroatoms. The van der Waals surface area contributed by atoms with Crippen LogP contribution >= 0.6 is 0 Å². The van der Waals surface area contributed by atoms with Crippen molar-refractivity contribution in [2.45, 2.75) is 71.1 Å². The van der Waals surface area contributed by atoms with Crippen LogP contribution in [-0.4, -0.2) is 19.6 Å². The summed E-state index contributed by atoms with van der Waals surface area (Å²) in [5.74, 6) is 0. The molecule has 0 heterocycles. The minimum absolute atomic E-state index is 0.0346. The Morgan fingerprint density at radius 3 is 1.60 bits per heavy atom. The van der Waals surface area contributed by atoms with E-state index in [4.69, 9.17) is 4.55 Å². The zero-order valence-electron chi connectivity index (χ0n) is 15.5. The number of rotatable bonds is 16. The fourth-order valence-electron chi connectivity index (χ4n) is 2.09. The second kappa shape index (κ2) is 17.6. The van der Waals surface area contributed by atoms with Crippen LogP contribution in [0.4, 0.5) is 0 Å². The molecule has 0 saturated carbocycles. The molecular formula is C20H34O4S. The van der Waals surface area contributed by atoms with Gasteiger partial charge in [-0.15, -0.1) is 0 Å². The number of unbranched alkanes of at least 4 members (excludes halogenated alkanes) is 5. The Bertz CT molecular complexity index is 502. The predicted octanol–water partition coefficient (Wildman–Crippen LogP) is 5.95. The molecule has 0 spiro atoms. The van der Waals surface area contributed by atoms with E-state index in [9.17, 15) is 8.42 Å². The molecule has 0 unspecified atom stereocenters. The van der Waals surface area contributed by atoms with E-state index in [0.29, 0.717) is 6.42 Å². The third-order valence-electron chi connectivity index (χ3n) is 3.45. The van der Waals surface area contributed by atoms with Crippen LogP contribution in [0.2, 0.25) is 0 Å². The van der Waals surface area contributed by atoms with Gasteiger partial charge in [-0.05, 0) is 51.4 Å². The van der Waals surface area contributed by atoms with Crippen LogP contribution < -0.4 is 0 Å². The van der Waals surface area contributed by atoms with Gasteiger partial charge in [0, 0.05) is 0 Å². The van der Waals surface area contributed by atoms with Gasteiger partial charge in [0.25, 0.3) is 0 Å². The molecule has 0 rings (SSSR count). The van der Waals surface area contributed by atoms with Crippen molar-refractivity contribution in [1.82, 2.24) is 0 Å². The molecule has 0 saturated heterocycles. The third kappa shape index (κ3) is 22.8. The molecule has 0 radical (unpaired) electrons. The second-order valence-electron chi connectivity index (χ2n) is 5.83. The summed E-state index contributed by atoms with van der Waals surface area (Å²) in [6.45, 7) is 2.26. The fourth-order valence-corrected chi connectivity index (χ4v) is 2.42. The molecule has 0 amide bonds. The van der Waals surface area contributed by atoms with Gasteiger partial charge in [0.15, 0.2) is 0 Å². The van der Waals surface area contributed by atoms with Gasteiger partial charge in [0.05, 0.1) is 6.61 Å². The number of hydrogen-bond acceptors (Lipinski definition) is 3. The Hall–Kier alpha value is -1.17. The van der Waals surface area contributed by atoms with Crippen LogP contribution in [-0.2, 0) is 14.6 Å². The molecular weight excluding hydrogens is 336 g/mol. The molecule has 0 aliphatic carbocycles. The largest absolute Gasteiger partial charge is 0.397 e. The molecule has 0 fully saturated rings. The van der Waals surface area contributed by atoms with Crippen LogP contribution in [0.15, 0.2) is 48.6 Å². The highest BCUT2D eigenvalue weighted by Crippen LogP contribution is 2.02. The summed E-state index contributed by atoms with van der Waals surface area (Å²) in [6, 6.07) is 0. The van der Waals surface area contributed by atoms with Crippen molar-refractivity contribution in [3.8, 4) is 0 Å². The van der Waals surface area contributed by atoms with Gasteiger partial charge >= 0.3 is 10.4 Å². The Morgan fingerprint density at radius 1 is 0.720 bits per heavy atom. The van der Waals surface area contributed by atoms with Gasteiger partial charge in [-0.1, -0.05) is 68.4 Å². The normalized spacial score (nSPS) is 13.2. The van der Waals surface area contributed by atoms with Crippen molar-refractivity contribution >= 4 is 10.4 Å². The van der Waals surface area contributed by atoms with Crippen LogP contribution in [0.1, 0.15) is 71.1 Å². The zero-order valence-corrected chi connectivity index (χ0v) is 16.3. The quantitative estimate of drug-likeness (QED) is 0.207. The maximum atomic E-state index is 10.3. The molecule has 0 atom stereocenters. The van der Waals surface area contributed by atoms with Crippen molar-refractivity contribution < 1.29 is 17.2 Å². The van der Waals surface area contributed by atoms with E-state index in [1.807, 2.05) is 0 Å². The molecule has 1 N–H and O–H groups in total. The highest BCUT2D eigenvalue weighted by atomic mass is 32.3. The molecule has 4 nitrogen and oxygen atoms in total. The molecule has 0 aliphatic rings. The van der Waals surface area contributed by atoms with E-state index in [1.54, 1.807) is 0 Å². The lowest BCUT2D eigenvalue weighted by Gasteiger charge is -1.97. The fraction of sp³-hybridized carbons (Fsp3) is 0.600. The van der Waals surface area contributed by atoms with Gasteiger partial charge in [0.1, 0.15) is 0 Å². The zero-order chi connectivity index (χ0) is 18.6. The van der Waals surface area contributed by atoms with Crippen LogP contribution in [0.3, 0.4) is 0 Å². The Morgan fingerprint density at radius 2 is 1.16 bits per heavy atom. The maximum Gasteiger partial charge on any atom is 0.397 e. The van der Waals surface area contributed by atoms with Gasteiger partial charge < -0.3 is 0 Å². The minimum Gasteiger partial charge on any atom is -0.264 e. The summed E-state index contributed by atoms with van der Waals surface area (Å²) >= 11 is 0. The molecule has 0 aromatic carbocycles. The van der Waals surface area contributed by atoms with Crippen molar-refractivity contribution in [3.05, 3.63) is 48.6 Å². The molecule has 0 aliphatic heterocycles. The van der Waals surface area contributed by atoms with E-state index in [0.717, 1.165) is 32.1 Å². The number of allylic oxidation sites excluding steroid dienone is 8. The first kappa shape index (κ1) is 23.8. The second-order valence-corrected chi connectivity index (χ2v) is 6.93. The first-order valence-corrected chi connectivity index (χ1v) is 10.6. The Labute approximate surface area is 154 Å². The smallest absolute Gasteiger partial charge is 0.264 e. The Kier molecular flexibility index (Phi) is 16.8. The number of hydrogen-bond donors (Lipinski definition) is 1. The van der Waals surface area contributed by atoms with E-state index < -0.39 is 10.4 Å². The Balaban J connectivity index is 3.43. The van der Waals surface area contributed by atoms with Crippen molar-refractivity contribution in [1.29, 1.82) is 0 Å². The van der Waals surface area contributed by atoms with Crippen molar-refractivity contribution in [2.24, 2.45) is 0 Å². The van der Waals surface area contributed by atoms with Gasteiger partial charge in [-0.2, -0.15) is 8.42 Å². The molecule has 0 aromatic rings. The average molecular weight is 371 g/mol. The molecule has 0 aromatic heterocycles. The highest BCUT2D eigenvalue weighted by Gasteiger charge is 2.01. The SMILES string of the molecule is CCCCCC=CCC=CCC=CCC=CCCCCOS(=O)(=O)O. The van der Waals surface area contributed by atoms with Crippen molar-refractivity contribution in [2.75, 3.05) is 6.61 Å². The van der Waals surface area contributed by atoms with E-state index >= 15 is 0 Å². The summed E-state index contributed by atoms with van der Waals surface area (Å²) in [5, 5.41) is 0. The molecule has 0 bridgehead atoms. The first-order valence-electron chi connectivity index (χ1n) is 9.28. The van der Waals surface area contributed by atoms with Crippen molar-refractivity contribution in [3.63, 3.8) is 0 Å². The first-order chi connectivity index (χ1) is 12.1. The summed E-state index contributed by atoms with van der Waals surface area (Å²) in [5.41, 5.74) is 0. The summed E-state index contributed by atoms with van der Waals surface area (Å²) in [4.78, 5) is 0. The predicted molar refractivity (Wildman–Crippen MR) is 106 cm³/mol. The average Bonchev–Trinajstić information content (AvgIpc) is 2.56. The van der Waals surface area contributed by atoms with Gasteiger partial charge in [0.2, 0.25) is 0 Å². The minimum atomic E-state index is -4.28. The lowest BCUT2D eigenvalue weighted by Crippen LogP contribution is -2.04. The summed E-state index contributed by atoms with van der Waals surface area (Å²) in [7, 11) is -4.28. The highest BCUT2D eigenvalue weighted by molar-refractivity contribution is 7.80. The van der Waals surface area contributed by atoms with E-state index in [2.05, 4.69) is 59.7 Å².